The van der Waals surface area contributed by atoms with Crippen LogP contribution in [0.3, 0.4) is 0 Å². The highest BCUT2D eigenvalue weighted by molar-refractivity contribution is 5.88. The maximum Gasteiger partial charge on any atom is 0.282 e. The van der Waals surface area contributed by atoms with Crippen molar-refractivity contribution in [3.8, 4) is 17.3 Å². The van der Waals surface area contributed by atoms with Crippen molar-refractivity contribution >= 4 is 10.8 Å². The number of aryl methyl sites for hydroxylation is 2. The molecule has 0 saturated heterocycles. The second-order valence-electron chi connectivity index (χ2n) is 6.04. The predicted molar refractivity (Wildman–Crippen MR) is 100 cm³/mol. The van der Waals surface area contributed by atoms with Crippen molar-refractivity contribution < 1.29 is 4.74 Å². The molecule has 0 amide bonds. The SMILES string of the molecule is COc1ccc(-n2c(C)c3cnn(-c4ccccn4)c(=O)c3c2C)cc1. The van der Waals surface area contributed by atoms with Gasteiger partial charge >= 0.3 is 0 Å². The van der Waals surface area contributed by atoms with Gasteiger partial charge in [-0.1, -0.05) is 6.07 Å². The number of aromatic nitrogens is 4. The molecule has 0 aliphatic heterocycles. The van der Waals surface area contributed by atoms with E-state index in [0.29, 0.717) is 11.2 Å². The number of pyridine rings is 1. The summed E-state index contributed by atoms with van der Waals surface area (Å²) in [5.74, 6) is 1.30. The molecule has 0 bridgehead atoms. The number of benzene rings is 1. The molecule has 0 spiro atoms. The van der Waals surface area contributed by atoms with Crippen LogP contribution in [0.2, 0.25) is 0 Å². The molecular formula is C20H18N4O2. The molecule has 0 saturated carbocycles. The summed E-state index contributed by atoms with van der Waals surface area (Å²) in [5.41, 5.74) is 2.65. The van der Waals surface area contributed by atoms with E-state index in [1.54, 1.807) is 25.6 Å². The van der Waals surface area contributed by atoms with Crippen molar-refractivity contribution in [3.05, 3.63) is 76.6 Å². The normalized spacial score (nSPS) is 11.0. The smallest absolute Gasteiger partial charge is 0.282 e. The molecule has 0 fully saturated rings. The van der Waals surface area contributed by atoms with Crippen LogP contribution in [0.1, 0.15) is 11.4 Å². The van der Waals surface area contributed by atoms with Gasteiger partial charge in [-0.2, -0.15) is 9.78 Å². The summed E-state index contributed by atoms with van der Waals surface area (Å²) >= 11 is 0. The summed E-state index contributed by atoms with van der Waals surface area (Å²) in [5, 5.41) is 5.82. The number of fused-ring (bicyclic) bond motifs is 1. The lowest BCUT2D eigenvalue weighted by atomic mass is 10.2. The van der Waals surface area contributed by atoms with E-state index in [9.17, 15) is 4.79 Å². The van der Waals surface area contributed by atoms with Crippen molar-refractivity contribution in [1.82, 2.24) is 19.3 Å². The van der Waals surface area contributed by atoms with Gasteiger partial charge in [0.25, 0.3) is 5.56 Å². The first-order valence-corrected chi connectivity index (χ1v) is 8.27. The lowest BCUT2D eigenvalue weighted by Crippen LogP contribution is -2.21. The third-order valence-corrected chi connectivity index (χ3v) is 4.60. The van der Waals surface area contributed by atoms with Gasteiger partial charge in [-0.15, -0.1) is 0 Å². The first kappa shape index (κ1) is 16.1. The monoisotopic (exact) mass is 346 g/mol. The summed E-state index contributed by atoms with van der Waals surface area (Å²) in [6.45, 7) is 3.94. The number of ether oxygens (including phenoxy) is 1. The molecule has 0 aliphatic carbocycles. The van der Waals surface area contributed by atoms with Gasteiger partial charge in [-0.3, -0.25) is 4.79 Å². The molecule has 4 aromatic rings. The molecular weight excluding hydrogens is 328 g/mol. The van der Waals surface area contributed by atoms with Crippen molar-refractivity contribution in [2.45, 2.75) is 13.8 Å². The van der Waals surface area contributed by atoms with E-state index in [1.807, 2.05) is 50.2 Å². The van der Waals surface area contributed by atoms with E-state index in [-0.39, 0.29) is 5.56 Å². The Labute approximate surface area is 150 Å². The number of rotatable bonds is 3. The van der Waals surface area contributed by atoms with E-state index >= 15 is 0 Å². The minimum atomic E-state index is -0.172. The molecule has 0 atom stereocenters. The van der Waals surface area contributed by atoms with Crippen LogP contribution >= 0.6 is 0 Å². The topological polar surface area (TPSA) is 61.9 Å². The number of methoxy groups -OCH3 is 1. The van der Waals surface area contributed by atoms with Gasteiger partial charge in [0.05, 0.1) is 18.7 Å². The molecule has 0 unspecified atom stereocenters. The number of hydrogen-bond donors (Lipinski definition) is 0. The minimum absolute atomic E-state index is 0.172. The third-order valence-electron chi connectivity index (χ3n) is 4.60. The molecule has 26 heavy (non-hydrogen) atoms. The predicted octanol–water partition coefficient (Wildman–Crippen LogP) is 3.20. The average Bonchev–Trinajstić information content (AvgIpc) is 2.94. The van der Waals surface area contributed by atoms with Gasteiger partial charge in [0.1, 0.15) is 5.75 Å². The zero-order chi connectivity index (χ0) is 18.3. The van der Waals surface area contributed by atoms with E-state index in [2.05, 4.69) is 14.6 Å². The van der Waals surface area contributed by atoms with E-state index in [4.69, 9.17) is 4.74 Å². The van der Waals surface area contributed by atoms with E-state index in [1.165, 1.54) is 4.68 Å². The van der Waals surface area contributed by atoms with Gasteiger partial charge < -0.3 is 9.30 Å². The van der Waals surface area contributed by atoms with Crippen LogP contribution in [0, 0.1) is 13.8 Å². The van der Waals surface area contributed by atoms with Gasteiger partial charge in [-0.05, 0) is 50.2 Å². The summed E-state index contributed by atoms with van der Waals surface area (Å²) in [6, 6.07) is 13.2. The standard InChI is InChI=1S/C20H18N4O2/c1-13-17-12-22-24(18-6-4-5-11-21-18)20(25)19(17)14(2)23(13)15-7-9-16(26-3)10-8-15/h4-12H,1-3H3. The fourth-order valence-electron chi connectivity index (χ4n) is 3.32. The van der Waals surface area contributed by atoms with Gasteiger partial charge in [-0.25, -0.2) is 4.98 Å². The zero-order valence-electron chi connectivity index (χ0n) is 14.8. The Morgan fingerprint density at radius 2 is 1.77 bits per heavy atom. The van der Waals surface area contributed by atoms with Gasteiger partial charge in [0, 0.05) is 28.7 Å². The van der Waals surface area contributed by atoms with E-state index in [0.717, 1.165) is 28.2 Å². The molecule has 6 heteroatoms. The fourth-order valence-corrected chi connectivity index (χ4v) is 3.32. The average molecular weight is 346 g/mol. The maximum atomic E-state index is 13.1. The molecule has 0 aliphatic rings. The van der Waals surface area contributed by atoms with Crippen LogP contribution in [0.4, 0.5) is 0 Å². The minimum Gasteiger partial charge on any atom is -0.497 e. The van der Waals surface area contributed by atoms with Crippen LogP contribution in [-0.2, 0) is 0 Å². The maximum absolute atomic E-state index is 13.1. The Balaban J connectivity index is 1.97. The summed E-state index contributed by atoms with van der Waals surface area (Å²) < 4.78 is 8.63. The lowest BCUT2D eigenvalue weighted by molar-refractivity contribution is 0.414. The summed E-state index contributed by atoms with van der Waals surface area (Å²) in [4.78, 5) is 17.3. The van der Waals surface area contributed by atoms with Gasteiger partial charge in [0.15, 0.2) is 5.82 Å². The second-order valence-corrected chi connectivity index (χ2v) is 6.04. The van der Waals surface area contributed by atoms with Crippen LogP contribution in [0.25, 0.3) is 22.3 Å². The quantitative estimate of drug-likeness (QED) is 0.571. The summed E-state index contributed by atoms with van der Waals surface area (Å²) in [7, 11) is 1.64. The first-order chi connectivity index (χ1) is 12.6. The Bertz CT molecular complexity index is 1140. The van der Waals surface area contributed by atoms with Crippen molar-refractivity contribution in [2.24, 2.45) is 0 Å². The van der Waals surface area contributed by atoms with Crippen LogP contribution in [0.15, 0.2) is 59.7 Å². The Kier molecular flexibility index (Phi) is 3.80. The Hall–Kier alpha value is -3.41. The molecule has 6 nitrogen and oxygen atoms in total. The third kappa shape index (κ3) is 2.38. The molecule has 3 aromatic heterocycles. The molecule has 1 aromatic carbocycles. The molecule has 3 heterocycles. The van der Waals surface area contributed by atoms with Crippen molar-refractivity contribution in [1.29, 1.82) is 0 Å². The highest BCUT2D eigenvalue weighted by Gasteiger charge is 2.18. The van der Waals surface area contributed by atoms with Crippen molar-refractivity contribution in [2.75, 3.05) is 7.11 Å². The second kappa shape index (κ2) is 6.15. The molecule has 130 valence electrons. The van der Waals surface area contributed by atoms with Gasteiger partial charge in [0.2, 0.25) is 0 Å². The molecule has 4 rings (SSSR count). The molecule has 0 N–H and O–H groups in total. The van der Waals surface area contributed by atoms with Crippen molar-refractivity contribution in [3.63, 3.8) is 0 Å². The van der Waals surface area contributed by atoms with Crippen LogP contribution in [0.5, 0.6) is 5.75 Å². The number of hydrogen-bond acceptors (Lipinski definition) is 4. The zero-order valence-corrected chi connectivity index (χ0v) is 14.8. The Morgan fingerprint density at radius 1 is 1.00 bits per heavy atom. The fraction of sp³-hybridized carbons (Fsp3) is 0.150. The van der Waals surface area contributed by atoms with E-state index < -0.39 is 0 Å². The first-order valence-electron chi connectivity index (χ1n) is 8.27. The van der Waals surface area contributed by atoms with Crippen LogP contribution < -0.4 is 10.3 Å². The summed E-state index contributed by atoms with van der Waals surface area (Å²) in [6.07, 6.45) is 3.38. The lowest BCUT2D eigenvalue weighted by Gasteiger charge is -2.10. The van der Waals surface area contributed by atoms with Crippen LogP contribution in [-0.4, -0.2) is 26.4 Å². The highest BCUT2D eigenvalue weighted by Crippen LogP contribution is 2.27. The largest absolute Gasteiger partial charge is 0.497 e. The highest BCUT2D eigenvalue weighted by atomic mass is 16.5. The molecule has 0 radical (unpaired) electrons. The number of nitrogens with zero attached hydrogens (tertiary/aromatic N) is 4. The Morgan fingerprint density at radius 3 is 2.42 bits per heavy atom.